The molecule has 6 nitrogen and oxygen atoms in total. The average molecular weight is 348 g/mol. The zero-order valence-electron chi connectivity index (χ0n) is 15.8. The third-order valence-electron chi connectivity index (χ3n) is 4.26. The first-order valence-corrected chi connectivity index (χ1v) is 9.29. The Morgan fingerprint density at radius 2 is 2.00 bits per heavy atom. The number of benzene rings is 1. The standard InChI is InChI=1S/C19H32N4O2/c1-4-20-19(21-14-16(3)23-10-12-24-13-11-23)22-15-17-8-6-7-9-18(17)25-5-2/h6-9,16H,4-5,10-15H2,1-3H3,(H2,20,21,22). The Morgan fingerprint density at radius 3 is 2.72 bits per heavy atom. The van der Waals surface area contributed by atoms with Gasteiger partial charge in [-0.3, -0.25) is 4.90 Å². The first-order chi connectivity index (χ1) is 12.2. The average Bonchev–Trinajstić information content (AvgIpc) is 2.65. The van der Waals surface area contributed by atoms with Crippen LogP contribution in [0.4, 0.5) is 0 Å². The van der Waals surface area contributed by atoms with E-state index in [2.05, 4.69) is 35.4 Å². The Morgan fingerprint density at radius 1 is 1.24 bits per heavy atom. The smallest absolute Gasteiger partial charge is 0.191 e. The number of nitrogens with one attached hydrogen (secondary N) is 2. The van der Waals surface area contributed by atoms with Crippen molar-refractivity contribution in [3.63, 3.8) is 0 Å². The van der Waals surface area contributed by atoms with Crippen LogP contribution >= 0.6 is 0 Å². The summed E-state index contributed by atoms with van der Waals surface area (Å²) in [6.07, 6.45) is 0. The van der Waals surface area contributed by atoms with Gasteiger partial charge in [-0.1, -0.05) is 18.2 Å². The molecule has 0 bridgehead atoms. The zero-order chi connectivity index (χ0) is 17.9. The van der Waals surface area contributed by atoms with Gasteiger partial charge in [0, 0.05) is 37.8 Å². The number of morpholine rings is 1. The summed E-state index contributed by atoms with van der Waals surface area (Å²) in [4.78, 5) is 7.16. The second kappa shape index (κ2) is 10.9. The molecule has 1 aliphatic heterocycles. The molecule has 0 spiro atoms. The monoisotopic (exact) mass is 348 g/mol. The first-order valence-electron chi connectivity index (χ1n) is 9.29. The van der Waals surface area contributed by atoms with Crippen LogP contribution in [0.2, 0.25) is 0 Å². The number of ether oxygens (including phenoxy) is 2. The molecule has 0 radical (unpaired) electrons. The van der Waals surface area contributed by atoms with E-state index < -0.39 is 0 Å². The Bertz CT molecular complexity index is 530. The number of nitrogens with zero attached hydrogens (tertiary/aromatic N) is 2. The molecule has 1 aliphatic rings. The summed E-state index contributed by atoms with van der Waals surface area (Å²) in [5, 5.41) is 6.77. The van der Waals surface area contributed by atoms with Crippen molar-refractivity contribution in [3.05, 3.63) is 29.8 Å². The molecule has 0 aromatic heterocycles. The summed E-state index contributed by atoms with van der Waals surface area (Å²) in [6.45, 7) is 12.9. The van der Waals surface area contributed by atoms with E-state index in [0.717, 1.165) is 56.7 Å². The molecule has 2 N–H and O–H groups in total. The van der Waals surface area contributed by atoms with Gasteiger partial charge in [-0.05, 0) is 26.8 Å². The fourth-order valence-electron chi connectivity index (χ4n) is 2.83. The SMILES string of the molecule is CCNC(=NCc1ccccc1OCC)NCC(C)N1CCOCC1. The van der Waals surface area contributed by atoms with Gasteiger partial charge in [-0.25, -0.2) is 4.99 Å². The summed E-state index contributed by atoms with van der Waals surface area (Å²) in [6, 6.07) is 8.52. The van der Waals surface area contributed by atoms with Crippen molar-refractivity contribution in [2.75, 3.05) is 46.0 Å². The molecule has 1 saturated heterocycles. The topological polar surface area (TPSA) is 58.1 Å². The lowest BCUT2D eigenvalue weighted by Gasteiger charge is -2.32. The molecule has 140 valence electrons. The highest BCUT2D eigenvalue weighted by atomic mass is 16.5. The molecule has 25 heavy (non-hydrogen) atoms. The Hall–Kier alpha value is -1.79. The summed E-state index contributed by atoms with van der Waals surface area (Å²) >= 11 is 0. The molecule has 1 atom stereocenters. The Labute approximate surface area is 151 Å². The normalized spacial score (nSPS) is 17.2. The summed E-state index contributed by atoms with van der Waals surface area (Å²) in [5.41, 5.74) is 1.10. The highest BCUT2D eigenvalue weighted by Gasteiger charge is 2.17. The number of aliphatic imine (C=N–C) groups is 1. The highest BCUT2D eigenvalue weighted by Crippen LogP contribution is 2.18. The van der Waals surface area contributed by atoms with Gasteiger partial charge < -0.3 is 20.1 Å². The quantitative estimate of drug-likeness (QED) is 0.555. The second-order valence-electron chi connectivity index (χ2n) is 6.11. The predicted molar refractivity (Wildman–Crippen MR) is 102 cm³/mol. The molecular formula is C19H32N4O2. The molecule has 6 heteroatoms. The van der Waals surface area contributed by atoms with E-state index in [-0.39, 0.29) is 0 Å². The van der Waals surface area contributed by atoms with Crippen LogP contribution in [0, 0.1) is 0 Å². The van der Waals surface area contributed by atoms with Crippen LogP contribution in [-0.4, -0.2) is 62.9 Å². The van der Waals surface area contributed by atoms with E-state index in [1.165, 1.54) is 0 Å². The van der Waals surface area contributed by atoms with E-state index in [1.807, 2.05) is 25.1 Å². The Kier molecular flexibility index (Phi) is 8.55. The number of guanidine groups is 1. The minimum atomic E-state index is 0.448. The van der Waals surface area contributed by atoms with Crippen LogP contribution in [0.5, 0.6) is 5.75 Å². The molecular weight excluding hydrogens is 316 g/mol. The van der Waals surface area contributed by atoms with E-state index >= 15 is 0 Å². The molecule has 1 heterocycles. The van der Waals surface area contributed by atoms with E-state index in [4.69, 9.17) is 14.5 Å². The second-order valence-corrected chi connectivity index (χ2v) is 6.11. The molecule has 1 aromatic rings. The number of hydrogen-bond donors (Lipinski definition) is 2. The first kappa shape index (κ1) is 19.5. The van der Waals surface area contributed by atoms with Gasteiger partial charge in [0.15, 0.2) is 5.96 Å². The van der Waals surface area contributed by atoms with Crippen molar-refractivity contribution < 1.29 is 9.47 Å². The van der Waals surface area contributed by atoms with Crippen LogP contribution in [0.25, 0.3) is 0 Å². The van der Waals surface area contributed by atoms with Crippen LogP contribution in [0.3, 0.4) is 0 Å². The fourth-order valence-corrected chi connectivity index (χ4v) is 2.83. The van der Waals surface area contributed by atoms with Gasteiger partial charge >= 0.3 is 0 Å². The van der Waals surface area contributed by atoms with E-state index in [0.29, 0.717) is 19.2 Å². The van der Waals surface area contributed by atoms with Crippen molar-refractivity contribution in [3.8, 4) is 5.75 Å². The van der Waals surface area contributed by atoms with Crippen molar-refractivity contribution in [2.45, 2.75) is 33.4 Å². The largest absolute Gasteiger partial charge is 0.494 e. The van der Waals surface area contributed by atoms with Gasteiger partial charge in [0.25, 0.3) is 0 Å². The van der Waals surface area contributed by atoms with Crippen molar-refractivity contribution in [1.29, 1.82) is 0 Å². The molecule has 1 fully saturated rings. The third-order valence-corrected chi connectivity index (χ3v) is 4.26. The molecule has 0 amide bonds. The zero-order valence-corrected chi connectivity index (χ0v) is 15.8. The Balaban J connectivity index is 1.91. The summed E-state index contributed by atoms with van der Waals surface area (Å²) in [5.74, 6) is 1.75. The number of hydrogen-bond acceptors (Lipinski definition) is 4. The number of para-hydroxylation sites is 1. The molecule has 1 unspecified atom stereocenters. The highest BCUT2D eigenvalue weighted by molar-refractivity contribution is 5.79. The van der Waals surface area contributed by atoms with Crippen molar-refractivity contribution in [2.24, 2.45) is 4.99 Å². The lowest BCUT2D eigenvalue weighted by atomic mass is 10.2. The van der Waals surface area contributed by atoms with Crippen LogP contribution < -0.4 is 15.4 Å². The van der Waals surface area contributed by atoms with Crippen LogP contribution in [0.1, 0.15) is 26.3 Å². The van der Waals surface area contributed by atoms with Gasteiger partial charge in [-0.2, -0.15) is 0 Å². The number of rotatable bonds is 8. The van der Waals surface area contributed by atoms with E-state index in [9.17, 15) is 0 Å². The molecule has 0 aliphatic carbocycles. The van der Waals surface area contributed by atoms with Gasteiger partial charge in [-0.15, -0.1) is 0 Å². The van der Waals surface area contributed by atoms with E-state index in [1.54, 1.807) is 0 Å². The maximum absolute atomic E-state index is 5.68. The minimum absolute atomic E-state index is 0.448. The summed E-state index contributed by atoms with van der Waals surface area (Å²) < 4.78 is 11.1. The van der Waals surface area contributed by atoms with Crippen molar-refractivity contribution >= 4 is 5.96 Å². The predicted octanol–water partition coefficient (Wildman–Crippen LogP) is 1.86. The minimum Gasteiger partial charge on any atom is -0.494 e. The summed E-state index contributed by atoms with van der Waals surface area (Å²) in [7, 11) is 0. The molecule has 0 saturated carbocycles. The molecule has 2 rings (SSSR count). The van der Waals surface area contributed by atoms with Crippen LogP contribution in [0.15, 0.2) is 29.3 Å². The van der Waals surface area contributed by atoms with Crippen LogP contribution in [-0.2, 0) is 11.3 Å². The third kappa shape index (κ3) is 6.55. The van der Waals surface area contributed by atoms with Gasteiger partial charge in [0.1, 0.15) is 5.75 Å². The molecule has 1 aromatic carbocycles. The lowest BCUT2D eigenvalue weighted by molar-refractivity contribution is 0.0211. The fraction of sp³-hybridized carbons (Fsp3) is 0.632. The van der Waals surface area contributed by atoms with Gasteiger partial charge in [0.05, 0.1) is 26.4 Å². The van der Waals surface area contributed by atoms with Crippen molar-refractivity contribution in [1.82, 2.24) is 15.5 Å². The maximum atomic E-state index is 5.68. The lowest BCUT2D eigenvalue weighted by Crippen LogP contribution is -2.49. The maximum Gasteiger partial charge on any atom is 0.191 e. The van der Waals surface area contributed by atoms with Gasteiger partial charge in [0.2, 0.25) is 0 Å².